The Balaban J connectivity index is 1.43. The van der Waals surface area contributed by atoms with Gasteiger partial charge in [0.25, 0.3) is 0 Å². The maximum atomic E-state index is 6.20. The lowest BCUT2D eigenvalue weighted by atomic mass is 10.1. The maximum absolute atomic E-state index is 6.20. The quantitative estimate of drug-likeness (QED) is 0.303. The van der Waals surface area contributed by atoms with E-state index in [1.807, 2.05) is 34.6 Å². The monoisotopic (exact) mass is 450 g/mol. The number of rotatable bonds is 13. The van der Waals surface area contributed by atoms with Gasteiger partial charge < -0.3 is 47.4 Å². The smallest absolute Gasteiger partial charge is 0.190 e. The molecule has 0 radical (unpaired) electrons. The molecule has 0 aromatic heterocycles. The average molecular weight is 451 g/mol. The van der Waals surface area contributed by atoms with Crippen molar-refractivity contribution in [2.75, 3.05) is 53.4 Å². The molecule has 3 aliphatic heterocycles. The van der Waals surface area contributed by atoms with Crippen molar-refractivity contribution >= 4 is 0 Å². The topological polar surface area (TPSA) is 92.3 Å². The largest absolute Gasteiger partial charge is 0.382 e. The molecule has 10 nitrogen and oxygen atoms in total. The second-order valence-corrected chi connectivity index (χ2v) is 8.69. The van der Waals surface area contributed by atoms with E-state index in [9.17, 15) is 0 Å². The summed E-state index contributed by atoms with van der Waals surface area (Å²) in [7, 11) is 1.64. The molecule has 0 spiro atoms. The second-order valence-electron chi connectivity index (χ2n) is 8.69. The van der Waals surface area contributed by atoms with Gasteiger partial charge in [-0.1, -0.05) is 0 Å². The van der Waals surface area contributed by atoms with Crippen LogP contribution in [0.2, 0.25) is 0 Å². The molecule has 1 unspecified atom stereocenters. The fraction of sp³-hybridized carbons (Fsp3) is 1.00. The van der Waals surface area contributed by atoms with Crippen LogP contribution in [0.1, 0.15) is 34.6 Å². The number of hydrogen-bond donors (Lipinski definition) is 0. The molecule has 0 saturated carbocycles. The first-order chi connectivity index (χ1) is 14.7. The Bertz CT molecular complexity index is 542. The van der Waals surface area contributed by atoms with Crippen LogP contribution in [0.4, 0.5) is 0 Å². The Labute approximate surface area is 184 Å². The lowest BCUT2D eigenvalue weighted by Gasteiger charge is -2.30. The van der Waals surface area contributed by atoms with Gasteiger partial charge in [0.1, 0.15) is 24.4 Å². The molecule has 0 aliphatic carbocycles. The minimum absolute atomic E-state index is 0.283. The molecule has 0 N–H and O–H groups in total. The van der Waals surface area contributed by atoms with Gasteiger partial charge in [-0.15, -0.1) is 0 Å². The standard InChI is InChI=1S/C21H38O10/c1-14(25-12-11-24-10-9-23-8-7-22-6)27-17-16(15-13-26-20(2,3)29-15)28-19-18(17)30-21(4,5)31-19/h14-19H,7-13H2,1-6H3/t14?,15-,16+,17-,18+,19+/m0/s1. The van der Waals surface area contributed by atoms with E-state index in [1.165, 1.54) is 0 Å². The zero-order valence-corrected chi connectivity index (χ0v) is 19.5. The van der Waals surface area contributed by atoms with Gasteiger partial charge in [0.15, 0.2) is 24.2 Å². The van der Waals surface area contributed by atoms with Crippen molar-refractivity contribution in [2.45, 2.75) is 83.2 Å². The van der Waals surface area contributed by atoms with Gasteiger partial charge in [0.2, 0.25) is 0 Å². The molecule has 3 fully saturated rings. The van der Waals surface area contributed by atoms with Gasteiger partial charge in [-0.2, -0.15) is 0 Å². The van der Waals surface area contributed by atoms with E-state index < -0.39 is 30.3 Å². The molecule has 0 aromatic carbocycles. The second kappa shape index (κ2) is 11.1. The number of hydrogen-bond acceptors (Lipinski definition) is 10. The van der Waals surface area contributed by atoms with Crippen molar-refractivity contribution in [3.63, 3.8) is 0 Å². The van der Waals surface area contributed by atoms with Crippen LogP contribution in [-0.4, -0.2) is 102 Å². The summed E-state index contributed by atoms with van der Waals surface area (Å²) in [6, 6.07) is 0. The Kier molecular flexibility index (Phi) is 9.07. The molecule has 3 saturated heterocycles. The summed E-state index contributed by atoms with van der Waals surface area (Å²) in [5.74, 6) is -1.40. The highest BCUT2D eigenvalue weighted by Gasteiger charge is 2.59. The molecule has 0 amide bonds. The summed E-state index contributed by atoms with van der Waals surface area (Å²) in [5, 5.41) is 0. The average Bonchev–Trinajstić information content (AvgIpc) is 3.30. The predicted molar refractivity (Wildman–Crippen MR) is 107 cm³/mol. The van der Waals surface area contributed by atoms with Crippen molar-refractivity contribution in [3.05, 3.63) is 0 Å². The van der Waals surface area contributed by atoms with Crippen molar-refractivity contribution in [1.29, 1.82) is 0 Å². The third kappa shape index (κ3) is 7.29. The van der Waals surface area contributed by atoms with Crippen molar-refractivity contribution in [3.8, 4) is 0 Å². The lowest BCUT2D eigenvalue weighted by molar-refractivity contribution is -0.254. The first-order valence-corrected chi connectivity index (χ1v) is 11.0. The van der Waals surface area contributed by atoms with Crippen molar-refractivity contribution in [2.24, 2.45) is 0 Å². The molecule has 6 atom stereocenters. The van der Waals surface area contributed by atoms with Gasteiger partial charge in [-0.3, -0.25) is 0 Å². The van der Waals surface area contributed by atoms with E-state index in [1.54, 1.807) is 7.11 Å². The first kappa shape index (κ1) is 25.2. The number of fused-ring (bicyclic) bond motifs is 1. The fourth-order valence-electron chi connectivity index (χ4n) is 3.83. The third-order valence-electron chi connectivity index (χ3n) is 5.16. The maximum Gasteiger partial charge on any atom is 0.190 e. The van der Waals surface area contributed by atoms with Crippen LogP contribution in [0.15, 0.2) is 0 Å². The Hall–Kier alpha value is -0.400. The Morgan fingerprint density at radius 1 is 0.839 bits per heavy atom. The summed E-state index contributed by atoms with van der Waals surface area (Å²) in [6.45, 7) is 12.7. The molecule has 0 aromatic rings. The van der Waals surface area contributed by atoms with Gasteiger partial charge in [0, 0.05) is 7.11 Å². The molecule has 10 heteroatoms. The molecule has 0 bridgehead atoms. The van der Waals surface area contributed by atoms with E-state index in [0.717, 1.165) is 0 Å². The minimum atomic E-state index is -0.739. The fourth-order valence-corrected chi connectivity index (χ4v) is 3.83. The normalized spacial score (nSPS) is 34.8. The molecule has 182 valence electrons. The minimum Gasteiger partial charge on any atom is -0.382 e. The summed E-state index contributed by atoms with van der Waals surface area (Å²) in [5.41, 5.74) is 0. The third-order valence-corrected chi connectivity index (χ3v) is 5.16. The van der Waals surface area contributed by atoms with Gasteiger partial charge in [-0.05, 0) is 34.6 Å². The van der Waals surface area contributed by atoms with Gasteiger partial charge >= 0.3 is 0 Å². The zero-order chi connectivity index (χ0) is 22.5. The Morgan fingerprint density at radius 3 is 2.16 bits per heavy atom. The molecule has 31 heavy (non-hydrogen) atoms. The van der Waals surface area contributed by atoms with Crippen LogP contribution in [0, 0.1) is 0 Å². The Morgan fingerprint density at radius 2 is 1.52 bits per heavy atom. The SMILES string of the molecule is COCCOCCOCCOC(C)O[C@@H]1[C@H]2OC(C)(C)O[C@H]2O[C@@H]1[C@@H]1COC(C)(C)O1. The molecule has 3 rings (SSSR count). The van der Waals surface area contributed by atoms with Crippen molar-refractivity contribution < 1.29 is 47.4 Å². The summed E-state index contributed by atoms with van der Waals surface area (Å²) in [6.07, 6.45) is -2.47. The molecule has 3 aliphatic rings. The van der Waals surface area contributed by atoms with Crippen LogP contribution < -0.4 is 0 Å². The number of methoxy groups -OCH3 is 1. The van der Waals surface area contributed by atoms with E-state index in [2.05, 4.69) is 0 Å². The summed E-state index contributed by atoms with van der Waals surface area (Å²) >= 11 is 0. The highest BCUT2D eigenvalue weighted by atomic mass is 16.9. The van der Waals surface area contributed by atoms with Crippen LogP contribution in [0.5, 0.6) is 0 Å². The van der Waals surface area contributed by atoms with Crippen LogP contribution in [0.3, 0.4) is 0 Å². The van der Waals surface area contributed by atoms with Gasteiger partial charge in [-0.25, -0.2) is 0 Å². The van der Waals surface area contributed by atoms with E-state index in [4.69, 9.17) is 47.4 Å². The van der Waals surface area contributed by atoms with Crippen molar-refractivity contribution in [1.82, 2.24) is 0 Å². The summed E-state index contributed by atoms with van der Waals surface area (Å²) in [4.78, 5) is 0. The van der Waals surface area contributed by atoms with Crippen LogP contribution in [-0.2, 0) is 47.4 Å². The highest BCUT2D eigenvalue weighted by molar-refractivity contribution is 4.98. The first-order valence-electron chi connectivity index (χ1n) is 11.0. The van der Waals surface area contributed by atoms with Crippen LogP contribution >= 0.6 is 0 Å². The molecular weight excluding hydrogens is 412 g/mol. The van der Waals surface area contributed by atoms with E-state index in [0.29, 0.717) is 46.2 Å². The molecule has 3 heterocycles. The highest BCUT2D eigenvalue weighted by Crippen LogP contribution is 2.42. The number of ether oxygens (including phenoxy) is 10. The van der Waals surface area contributed by atoms with Gasteiger partial charge in [0.05, 0.1) is 46.2 Å². The lowest BCUT2D eigenvalue weighted by Crippen LogP contribution is -2.45. The zero-order valence-electron chi connectivity index (χ0n) is 19.5. The van der Waals surface area contributed by atoms with Crippen LogP contribution in [0.25, 0.3) is 0 Å². The summed E-state index contributed by atoms with van der Waals surface area (Å²) < 4.78 is 57.5. The van der Waals surface area contributed by atoms with E-state index in [-0.39, 0.29) is 18.3 Å². The predicted octanol–water partition coefficient (Wildman–Crippen LogP) is 1.44. The van der Waals surface area contributed by atoms with E-state index >= 15 is 0 Å². The molecular formula is C21H38O10.